The van der Waals surface area contributed by atoms with Crippen molar-refractivity contribution in [2.45, 2.75) is 6.04 Å². The zero-order chi connectivity index (χ0) is 15.6. The van der Waals surface area contributed by atoms with Gasteiger partial charge >= 0.3 is 0 Å². The molecule has 0 saturated heterocycles. The van der Waals surface area contributed by atoms with Crippen molar-refractivity contribution in [2.24, 2.45) is 5.73 Å². The number of ether oxygens (including phenoxy) is 2. The van der Waals surface area contributed by atoms with Crippen LogP contribution in [-0.4, -0.2) is 14.2 Å². The maximum Gasteiger partial charge on any atom is 0.163 e. The predicted molar refractivity (Wildman–Crippen MR) is 82.0 cm³/mol. The van der Waals surface area contributed by atoms with Crippen molar-refractivity contribution in [3.63, 3.8) is 0 Å². The average molecular weight is 330 g/mol. The number of benzene rings is 2. The molecular weight excluding hydrogens is 316 g/mol. The number of methoxy groups -OCH3 is 2. The van der Waals surface area contributed by atoms with Gasteiger partial charge in [-0.2, -0.15) is 0 Å². The molecule has 2 aromatic rings. The number of halogens is 3. The van der Waals surface area contributed by atoms with Crippen LogP contribution in [0.3, 0.4) is 0 Å². The number of rotatable bonds is 4. The highest BCUT2D eigenvalue weighted by molar-refractivity contribution is 6.42. The van der Waals surface area contributed by atoms with Crippen molar-refractivity contribution in [2.75, 3.05) is 14.2 Å². The van der Waals surface area contributed by atoms with Gasteiger partial charge in [-0.05, 0) is 17.7 Å². The quantitative estimate of drug-likeness (QED) is 0.914. The van der Waals surface area contributed by atoms with Gasteiger partial charge < -0.3 is 15.2 Å². The lowest BCUT2D eigenvalue weighted by Crippen LogP contribution is -2.14. The fourth-order valence-corrected chi connectivity index (χ4v) is 2.46. The van der Waals surface area contributed by atoms with Gasteiger partial charge in [-0.1, -0.05) is 35.3 Å². The number of hydrogen-bond donors (Lipinski definition) is 1. The third kappa shape index (κ3) is 3.07. The van der Waals surface area contributed by atoms with Gasteiger partial charge in [0.2, 0.25) is 0 Å². The summed E-state index contributed by atoms with van der Waals surface area (Å²) in [6.45, 7) is 0. The first-order valence-corrected chi connectivity index (χ1v) is 6.86. The van der Waals surface area contributed by atoms with Gasteiger partial charge in [0.05, 0.1) is 30.3 Å². The van der Waals surface area contributed by atoms with E-state index in [4.69, 9.17) is 38.4 Å². The van der Waals surface area contributed by atoms with Gasteiger partial charge in [-0.25, -0.2) is 4.39 Å². The average Bonchev–Trinajstić information content (AvgIpc) is 2.49. The Hall–Kier alpha value is -1.49. The molecule has 0 amide bonds. The van der Waals surface area contributed by atoms with Crippen LogP contribution in [0.5, 0.6) is 11.5 Å². The summed E-state index contributed by atoms with van der Waals surface area (Å²) in [6, 6.07) is 7.01. The van der Waals surface area contributed by atoms with Crippen LogP contribution in [0, 0.1) is 5.82 Å². The minimum atomic E-state index is -0.768. The van der Waals surface area contributed by atoms with Gasteiger partial charge in [-0.3, -0.25) is 0 Å². The zero-order valence-electron chi connectivity index (χ0n) is 11.5. The van der Waals surface area contributed by atoms with E-state index in [1.807, 2.05) is 0 Å². The van der Waals surface area contributed by atoms with Gasteiger partial charge in [0.15, 0.2) is 11.5 Å². The molecule has 21 heavy (non-hydrogen) atoms. The molecule has 0 aliphatic heterocycles. The highest BCUT2D eigenvalue weighted by atomic mass is 35.5. The molecule has 0 heterocycles. The molecule has 3 nitrogen and oxygen atoms in total. The van der Waals surface area contributed by atoms with Crippen molar-refractivity contribution in [3.8, 4) is 11.5 Å². The summed E-state index contributed by atoms with van der Waals surface area (Å²) in [4.78, 5) is 0. The van der Waals surface area contributed by atoms with Gasteiger partial charge in [0.25, 0.3) is 0 Å². The molecule has 0 aromatic heterocycles. The first kappa shape index (κ1) is 15.9. The lowest BCUT2D eigenvalue weighted by Gasteiger charge is -2.18. The molecule has 2 aromatic carbocycles. The van der Waals surface area contributed by atoms with E-state index in [0.29, 0.717) is 27.1 Å². The second-order valence-electron chi connectivity index (χ2n) is 4.35. The molecule has 0 saturated carbocycles. The largest absolute Gasteiger partial charge is 0.493 e. The Morgan fingerprint density at radius 3 is 2.29 bits per heavy atom. The molecule has 0 radical (unpaired) electrons. The van der Waals surface area contributed by atoms with Crippen LogP contribution >= 0.6 is 23.2 Å². The van der Waals surface area contributed by atoms with E-state index in [0.717, 1.165) is 0 Å². The molecule has 0 spiro atoms. The Labute approximate surface area is 132 Å². The normalized spacial score (nSPS) is 12.1. The summed E-state index contributed by atoms with van der Waals surface area (Å²) in [5.41, 5.74) is 6.91. The molecule has 1 unspecified atom stereocenters. The topological polar surface area (TPSA) is 44.5 Å². The van der Waals surface area contributed by atoms with E-state index in [-0.39, 0.29) is 5.56 Å². The monoisotopic (exact) mass is 329 g/mol. The Balaban J connectivity index is 2.53. The molecule has 0 fully saturated rings. The van der Waals surface area contributed by atoms with Crippen LogP contribution in [0.2, 0.25) is 10.0 Å². The molecular formula is C15H14Cl2FNO2. The Bertz CT molecular complexity index is 664. The minimum Gasteiger partial charge on any atom is -0.493 e. The van der Waals surface area contributed by atoms with Gasteiger partial charge in [0, 0.05) is 11.6 Å². The van der Waals surface area contributed by atoms with Crippen molar-refractivity contribution in [1.29, 1.82) is 0 Å². The zero-order valence-corrected chi connectivity index (χ0v) is 13.0. The predicted octanol–water partition coefficient (Wildman–Crippen LogP) is 4.20. The molecule has 2 N–H and O–H groups in total. The second kappa shape index (κ2) is 6.52. The van der Waals surface area contributed by atoms with E-state index in [1.54, 1.807) is 18.2 Å². The molecule has 0 aliphatic rings. The van der Waals surface area contributed by atoms with Crippen LogP contribution in [0.1, 0.15) is 17.2 Å². The summed E-state index contributed by atoms with van der Waals surface area (Å²) in [7, 11) is 2.90. The van der Waals surface area contributed by atoms with Crippen molar-refractivity contribution in [1.82, 2.24) is 0 Å². The van der Waals surface area contributed by atoms with Crippen LogP contribution in [0.15, 0.2) is 30.3 Å². The van der Waals surface area contributed by atoms with E-state index in [2.05, 4.69) is 0 Å². The smallest absolute Gasteiger partial charge is 0.163 e. The number of hydrogen-bond acceptors (Lipinski definition) is 3. The molecule has 0 aliphatic carbocycles. The Morgan fingerprint density at radius 2 is 1.67 bits per heavy atom. The number of nitrogens with two attached hydrogens (primary N) is 1. The minimum absolute atomic E-state index is 0.247. The standard InChI is InChI=1S/C15H14Cl2FNO2/c1-20-12-6-9(11(18)7-13(12)21-2)15(19)8-4-3-5-10(16)14(8)17/h3-7,15H,19H2,1-2H3. The van der Waals surface area contributed by atoms with E-state index in [9.17, 15) is 4.39 Å². The molecule has 0 bridgehead atoms. The van der Waals surface area contributed by atoms with Gasteiger partial charge in [-0.15, -0.1) is 0 Å². The third-order valence-electron chi connectivity index (χ3n) is 3.15. The summed E-state index contributed by atoms with van der Waals surface area (Å²) in [5.74, 6) is 0.182. The molecule has 6 heteroatoms. The second-order valence-corrected chi connectivity index (χ2v) is 5.13. The maximum absolute atomic E-state index is 14.2. The van der Waals surface area contributed by atoms with E-state index < -0.39 is 11.9 Å². The Morgan fingerprint density at radius 1 is 1.05 bits per heavy atom. The van der Waals surface area contributed by atoms with Crippen LogP contribution < -0.4 is 15.2 Å². The molecule has 2 rings (SSSR count). The first-order valence-electron chi connectivity index (χ1n) is 6.10. The fourth-order valence-electron chi connectivity index (χ4n) is 2.04. The highest BCUT2D eigenvalue weighted by Gasteiger charge is 2.20. The summed E-state index contributed by atoms with van der Waals surface area (Å²) in [5, 5.41) is 0.673. The van der Waals surface area contributed by atoms with Crippen LogP contribution in [-0.2, 0) is 0 Å². The third-order valence-corrected chi connectivity index (χ3v) is 3.99. The van der Waals surface area contributed by atoms with Gasteiger partial charge in [0.1, 0.15) is 5.82 Å². The summed E-state index contributed by atoms with van der Waals surface area (Å²) in [6.07, 6.45) is 0. The molecule has 112 valence electrons. The van der Waals surface area contributed by atoms with Crippen LogP contribution in [0.25, 0.3) is 0 Å². The SMILES string of the molecule is COc1cc(F)c(C(N)c2cccc(Cl)c2Cl)cc1OC. The summed E-state index contributed by atoms with van der Waals surface area (Å²) < 4.78 is 24.4. The molecule has 1 atom stereocenters. The first-order chi connectivity index (χ1) is 9.99. The van der Waals surface area contributed by atoms with Crippen molar-refractivity contribution < 1.29 is 13.9 Å². The highest BCUT2D eigenvalue weighted by Crippen LogP contribution is 2.37. The van der Waals surface area contributed by atoms with E-state index in [1.165, 1.54) is 26.4 Å². The maximum atomic E-state index is 14.2. The van der Waals surface area contributed by atoms with Crippen molar-refractivity contribution in [3.05, 3.63) is 57.3 Å². The van der Waals surface area contributed by atoms with Crippen molar-refractivity contribution >= 4 is 23.2 Å². The van der Waals surface area contributed by atoms with E-state index >= 15 is 0 Å². The fraction of sp³-hybridized carbons (Fsp3) is 0.200. The van der Waals surface area contributed by atoms with Crippen LogP contribution in [0.4, 0.5) is 4.39 Å². The Kier molecular flexibility index (Phi) is 4.93. The lowest BCUT2D eigenvalue weighted by atomic mass is 9.98. The lowest BCUT2D eigenvalue weighted by molar-refractivity contribution is 0.351. The summed E-state index contributed by atoms with van der Waals surface area (Å²) >= 11 is 12.1.